The van der Waals surface area contributed by atoms with Crippen LogP contribution >= 0.6 is 0 Å². The van der Waals surface area contributed by atoms with Crippen molar-refractivity contribution in [2.45, 2.75) is 37.0 Å². The maximum atomic E-state index is 13.7. The summed E-state index contributed by atoms with van der Waals surface area (Å²) >= 11 is 0. The Balaban J connectivity index is 1.34. The van der Waals surface area contributed by atoms with Crippen LogP contribution in [0.4, 0.5) is 5.95 Å². The molecular weight excluding hydrogens is 536 g/mol. The Morgan fingerprint density at radius 2 is 1.66 bits per heavy atom. The molecule has 14 nitrogen and oxygen atoms in total. The molecule has 3 amide bonds. The van der Waals surface area contributed by atoms with E-state index in [1.165, 1.54) is 23.0 Å². The fourth-order valence-corrected chi connectivity index (χ4v) is 5.11. The minimum Gasteiger partial charge on any atom is -0.394 e. The van der Waals surface area contributed by atoms with Crippen molar-refractivity contribution in [2.24, 2.45) is 0 Å². The number of nitrogens with one attached hydrogen (secondary N) is 2. The number of imidazole rings is 1. The largest absolute Gasteiger partial charge is 0.394 e. The number of nitrogens with zero attached hydrogens (tertiary/aromatic N) is 4. The van der Waals surface area contributed by atoms with Gasteiger partial charge in [-0.2, -0.15) is 4.98 Å². The van der Waals surface area contributed by atoms with Gasteiger partial charge in [-0.3, -0.25) is 38.9 Å². The molecule has 0 bridgehead atoms. The molecule has 2 aliphatic heterocycles. The lowest BCUT2D eigenvalue weighted by atomic mass is 10.0. The van der Waals surface area contributed by atoms with E-state index in [1.54, 1.807) is 42.5 Å². The van der Waals surface area contributed by atoms with Gasteiger partial charge in [-0.05, 0) is 17.7 Å². The summed E-state index contributed by atoms with van der Waals surface area (Å²) in [5.74, 6) is -2.34. The van der Waals surface area contributed by atoms with Crippen molar-refractivity contribution in [2.75, 3.05) is 11.9 Å². The van der Waals surface area contributed by atoms with E-state index in [0.717, 1.165) is 4.90 Å². The number of carbonyl (C=O) groups excluding carboxylic acids is 3. The number of aromatic amines is 1. The molecule has 5 atom stereocenters. The predicted molar refractivity (Wildman–Crippen MR) is 141 cm³/mol. The van der Waals surface area contributed by atoms with Crippen LogP contribution in [0.15, 0.2) is 65.7 Å². The highest BCUT2D eigenvalue weighted by molar-refractivity contribution is 6.23. The molecule has 0 saturated carbocycles. The van der Waals surface area contributed by atoms with Gasteiger partial charge in [-0.1, -0.05) is 42.5 Å². The lowest BCUT2D eigenvalue weighted by molar-refractivity contribution is -0.120. The number of hydrogen-bond donors (Lipinski definition) is 5. The molecule has 2 aliphatic rings. The molecule has 1 fully saturated rings. The number of anilines is 1. The van der Waals surface area contributed by atoms with Crippen LogP contribution in [0.1, 0.15) is 32.5 Å². The summed E-state index contributed by atoms with van der Waals surface area (Å²) in [7, 11) is 0. The molecule has 1 saturated heterocycles. The number of aliphatic hydroxyl groups excluding tert-OH is 3. The average molecular weight is 561 g/mol. The minimum atomic E-state index is -1.47. The van der Waals surface area contributed by atoms with Crippen molar-refractivity contribution in [3.05, 3.63) is 88.0 Å². The maximum absolute atomic E-state index is 13.7. The van der Waals surface area contributed by atoms with Crippen LogP contribution in [0.5, 0.6) is 0 Å². The molecule has 0 radical (unpaired) electrons. The Hall–Kier alpha value is -4.76. The molecule has 41 heavy (non-hydrogen) atoms. The number of carbonyl (C=O) groups is 3. The summed E-state index contributed by atoms with van der Waals surface area (Å²) in [5.41, 5.74) is 0.0956. The van der Waals surface area contributed by atoms with Gasteiger partial charge in [0.2, 0.25) is 11.9 Å². The van der Waals surface area contributed by atoms with Crippen molar-refractivity contribution in [3.63, 3.8) is 0 Å². The van der Waals surface area contributed by atoms with Gasteiger partial charge in [0.25, 0.3) is 17.4 Å². The molecule has 0 aliphatic carbocycles. The first-order valence-corrected chi connectivity index (χ1v) is 12.7. The molecule has 4 aromatic rings. The first-order valence-electron chi connectivity index (χ1n) is 12.7. The number of hydrogen-bond acceptors (Lipinski definition) is 10. The third kappa shape index (κ3) is 4.48. The fourth-order valence-electron chi connectivity index (χ4n) is 5.11. The fraction of sp³-hybridized carbons (Fsp3) is 0.259. The topological polar surface area (TPSA) is 200 Å². The van der Waals surface area contributed by atoms with Gasteiger partial charge in [-0.25, -0.2) is 4.98 Å². The maximum Gasteiger partial charge on any atom is 0.280 e. The van der Waals surface area contributed by atoms with Gasteiger partial charge >= 0.3 is 0 Å². The second-order valence-corrected chi connectivity index (χ2v) is 9.69. The molecule has 4 heterocycles. The molecule has 6 rings (SSSR count). The number of ether oxygens (including phenoxy) is 1. The molecule has 0 unspecified atom stereocenters. The summed E-state index contributed by atoms with van der Waals surface area (Å²) in [6.07, 6.45) is -4.00. The molecular formula is C27H24N6O8. The van der Waals surface area contributed by atoms with E-state index in [4.69, 9.17) is 4.74 Å². The number of imide groups is 1. The quantitative estimate of drug-likeness (QED) is 0.185. The highest BCUT2D eigenvalue weighted by atomic mass is 16.6. The number of benzene rings is 2. The van der Waals surface area contributed by atoms with Crippen LogP contribution in [-0.4, -0.2) is 88.4 Å². The van der Waals surface area contributed by atoms with Gasteiger partial charge in [0, 0.05) is 6.42 Å². The number of H-pyrrole nitrogens is 1. The first kappa shape index (κ1) is 26.5. The van der Waals surface area contributed by atoms with Crippen molar-refractivity contribution < 1.29 is 34.4 Å². The SMILES string of the molecule is O=C(Nc1nc2c(ncn2[C@@H]2O[C@H](CO)[C@H](O)[C@H]2O)c(=O)[nH]1)[C@@H](Cc1ccccc1)N1C(=O)c2ccccc2C1=O. The number of fused-ring (bicyclic) bond motifs is 2. The summed E-state index contributed by atoms with van der Waals surface area (Å²) < 4.78 is 6.73. The molecule has 2 aromatic carbocycles. The van der Waals surface area contributed by atoms with Gasteiger partial charge in [-0.15, -0.1) is 0 Å². The Morgan fingerprint density at radius 1 is 1.00 bits per heavy atom. The van der Waals surface area contributed by atoms with E-state index in [9.17, 15) is 34.5 Å². The zero-order valence-corrected chi connectivity index (χ0v) is 21.2. The number of aromatic nitrogens is 4. The Morgan fingerprint density at radius 3 is 2.29 bits per heavy atom. The zero-order chi connectivity index (χ0) is 28.8. The Kier molecular flexibility index (Phi) is 6.67. The summed E-state index contributed by atoms with van der Waals surface area (Å²) in [6.45, 7) is -0.558. The van der Waals surface area contributed by atoms with Crippen molar-refractivity contribution >= 4 is 34.8 Å². The van der Waals surface area contributed by atoms with E-state index in [1.807, 2.05) is 0 Å². The van der Waals surface area contributed by atoms with Crippen LogP contribution < -0.4 is 10.9 Å². The van der Waals surface area contributed by atoms with Gasteiger partial charge in [0.15, 0.2) is 17.4 Å². The lowest BCUT2D eigenvalue weighted by Crippen LogP contribution is -2.48. The number of amides is 3. The van der Waals surface area contributed by atoms with Gasteiger partial charge in [0.05, 0.1) is 24.1 Å². The van der Waals surface area contributed by atoms with Crippen LogP contribution in [0, 0.1) is 0 Å². The van der Waals surface area contributed by atoms with Crippen LogP contribution in [-0.2, 0) is 16.0 Å². The lowest BCUT2D eigenvalue weighted by Gasteiger charge is -2.25. The average Bonchev–Trinajstić information content (AvgIpc) is 3.60. The highest BCUT2D eigenvalue weighted by Gasteiger charge is 2.45. The van der Waals surface area contributed by atoms with E-state index in [2.05, 4.69) is 20.3 Å². The normalized spacial score (nSPS) is 22.8. The van der Waals surface area contributed by atoms with Crippen molar-refractivity contribution in [3.8, 4) is 0 Å². The standard InChI is InChI=1S/C27H24N6O8/c34-11-17-19(35)20(36)26(41-17)32-12-28-18-21(32)29-27(31-23(18)38)30-22(37)16(10-13-6-2-1-3-7-13)33-24(39)14-8-4-5-9-15(14)25(33)40/h1-9,12,16-17,19-20,26,34-36H,10-11H2,(H2,29,30,31,37,38)/t16-,17-,19+,20-,26-/m1/s1. The third-order valence-corrected chi connectivity index (χ3v) is 7.18. The van der Waals surface area contributed by atoms with Gasteiger partial charge in [0.1, 0.15) is 24.4 Å². The van der Waals surface area contributed by atoms with Crippen molar-refractivity contribution in [1.29, 1.82) is 0 Å². The monoisotopic (exact) mass is 560 g/mol. The first-order chi connectivity index (χ1) is 19.8. The Labute approximate surface area is 230 Å². The molecule has 5 N–H and O–H groups in total. The second-order valence-electron chi connectivity index (χ2n) is 9.69. The van der Waals surface area contributed by atoms with Crippen molar-refractivity contribution in [1.82, 2.24) is 24.4 Å². The van der Waals surface area contributed by atoms with E-state index in [0.29, 0.717) is 5.56 Å². The van der Waals surface area contributed by atoms with Crippen LogP contribution in [0.25, 0.3) is 11.2 Å². The number of rotatable bonds is 7. The molecule has 2 aromatic heterocycles. The molecule has 14 heteroatoms. The zero-order valence-electron chi connectivity index (χ0n) is 21.2. The smallest absolute Gasteiger partial charge is 0.280 e. The Bertz CT molecular complexity index is 1680. The second kappa shape index (κ2) is 10.3. The van der Waals surface area contributed by atoms with E-state index >= 15 is 0 Å². The van der Waals surface area contributed by atoms with Crippen LogP contribution in [0.3, 0.4) is 0 Å². The summed E-state index contributed by atoms with van der Waals surface area (Å²) in [5, 5.41) is 32.5. The molecule has 210 valence electrons. The van der Waals surface area contributed by atoms with E-state index in [-0.39, 0.29) is 34.7 Å². The number of aliphatic hydroxyl groups is 3. The van der Waals surface area contributed by atoms with Gasteiger partial charge < -0.3 is 20.1 Å². The highest BCUT2D eigenvalue weighted by Crippen LogP contribution is 2.31. The predicted octanol–water partition coefficient (Wildman–Crippen LogP) is -0.423. The third-order valence-electron chi connectivity index (χ3n) is 7.18. The summed E-state index contributed by atoms with van der Waals surface area (Å²) in [6, 6.07) is 13.8. The molecule has 0 spiro atoms. The summed E-state index contributed by atoms with van der Waals surface area (Å²) in [4.78, 5) is 64.6. The van der Waals surface area contributed by atoms with Crippen LogP contribution in [0.2, 0.25) is 0 Å². The minimum absolute atomic E-state index is 0.00884. The van der Waals surface area contributed by atoms with E-state index < -0.39 is 60.5 Å².